The number of carboxylic acid groups (broad SMARTS) is 1. The largest absolute Gasteiger partial charge is 0.477 e. The molecule has 0 spiro atoms. The van der Waals surface area contributed by atoms with Crippen LogP contribution < -0.4 is 0 Å². The van der Waals surface area contributed by atoms with E-state index in [2.05, 4.69) is 26.0 Å². The molecule has 0 heterocycles. The summed E-state index contributed by atoms with van der Waals surface area (Å²) in [4.78, 5) is 37.6. The van der Waals surface area contributed by atoms with Crippen molar-refractivity contribution in [1.82, 2.24) is 0 Å². The second-order valence-electron chi connectivity index (χ2n) is 25.9. The Labute approximate surface area is 504 Å². The minimum Gasteiger partial charge on any atom is -0.477 e. The Morgan fingerprint density at radius 1 is 0.358 bits per heavy atom. The van der Waals surface area contributed by atoms with Gasteiger partial charge in [-0.25, -0.2) is 4.79 Å². The summed E-state index contributed by atoms with van der Waals surface area (Å²) in [6, 6.07) is 0. The van der Waals surface area contributed by atoms with E-state index < -0.39 is 18.4 Å². The fraction of sp³-hybridized carbons (Fsp3) is 0.931. The van der Waals surface area contributed by atoms with E-state index in [1.165, 1.54) is 308 Å². The maximum Gasteiger partial charge on any atom is 0.361 e. The molecular weight excluding hydrogens is 1010 g/mol. The van der Waals surface area contributed by atoms with Gasteiger partial charge in [-0.1, -0.05) is 334 Å². The first kappa shape index (κ1) is 79.0. The monoisotopic (exact) mass is 1150 g/mol. The number of rotatable bonds is 68. The van der Waals surface area contributed by atoms with Crippen molar-refractivity contribution in [2.45, 2.75) is 386 Å². The molecule has 0 aromatic rings. The van der Waals surface area contributed by atoms with Gasteiger partial charge in [-0.05, 0) is 38.5 Å². The molecule has 2 atom stereocenters. The Bertz CT molecular complexity index is 1330. The molecule has 0 aliphatic rings. The van der Waals surface area contributed by atoms with E-state index in [1.54, 1.807) is 0 Å². The molecule has 0 radical (unpaired) electrons. The molecule has 9 nitrogen and oxygen atoms in total. The second-order valence-corrected chi connectivity index (χ2v) is 25.9. The highest BCUT2D eigenvalue weighted by Gasteiger charge is 2.25. The van der Waals surface area contributed by atoms with Crippen LogP contribution in [0.1, 0.15) is 373 Å². The number of unbranched alkanes of at least 4 members (excludes halogenated alkanes) is 51. The normalized spacial score (nSPS) is 12.7. The molecule has 0 aromatic carbocycles. The lowest BCUT2D eigenvalue weighted by atomic mass is 10.0. The minimum absolute atomic E-state index is 0.173. The number of ether oxygens (including phenoxy) is 4. The molecule has 480 valence electrons. The number of hydrogen-bond donors (Lipinski definition) is 1. The summed E-state index contributed by atoms with van der Waals surface area (Å²) in [5.74, 6) is -1.97. The highest BCUT2D eigenvalue weighted by molar-refractivity contribution is 5.71. The summed E-state index contributed by atoms with van der Waals surface area (Å²) in [5, 5.41) is 9.74. The van der Waals surface area contributed by atoms with Crippen LogP contribution in [-0.2, 0) is 33.3 Å². The molecule has 0 fully saturated rings. The van der Waals surface area contributed by atoms with E-state index in [-0.39, 0.29) is 38.2 Å². The van der Waals surface area contributed by atoms with E-state index in [0.717, 1.165) is 38.5 Å². The molecule has 0 bridgehead atoms. The number of hydrogen-bond acceptors (Lipinski definition) is 7. The molecule has 2 unspecified atom stereocenters. The fourth-order valence-corrected chi connectivity index (χ4v) is 11.0. The number of nitrogens with zero attached hydrogens (tertiary/aromatic N) is 1. The van der Waals surface area contributed by atoms with Gasteiger partial charge in [-0.15, -0.1) is 0 Å². The number of carbonyl (C=O) groups is 3. The smallest absolute Gasteiger partial charge is 0.361 e. The van der Waals surface area contributed by atoms with Gasteiger partial charge < -0.3 is 28.5 Å². The zero-order valence-electron chi connectivity index (χ0n) is 55.0. The van der Waals surface area contributed by atoms with Crippen molar-refractivity contribution >= 4 is 17.9 Å². The molecule has 0 aromatic heterocycles. The molecular formula is C72H140NO8+. The third-order valence-corrected chi connectivity index (χ3v) is 16.5. The topological polar surface area (TPSA) is 108 Å². The number of carbonyl (C=O) groups excluding carboxylic acids is 2. The van der Waals surface area contributed by atoms with E-state index >= 15 is 0 Å². The van der Waals surface area contributed by atoms with Crippen molar-refractivity contribution in [1.29, 1.82) is 0 Å². The molecule has 0 saturated carbocycles. The van der Waals surface area contributed by atoms with E-state index in [0.29, 0.717) is 17.4 Å². The average molecular weight is 1150 g/mol. The van der Waals surface area contributed by atoms with Crippen molar-refractivity contribution < 1.29 is 42.9 Å². The first-order valence-electron chi connectivity index (χ1n) is 35.9. The van der Waals surface area contributed by atoms with Crippen LogP contribution in [-0.4, -0.2) is 87.4 Å². The van der Waals surface area contributed by atoms with Crippen LogP contribution in [0.25, 0.3) is 0 Å². The lowest BCUT2D eigenvalue weighted by Crippen LogP contribution is -2.40. The second kappa shape index (κ2) is 64.0. The molecule has 0 aliphatic carbocycles. The number of aliphatic carboxylic acids is 1. The summed E-state index contributed by atoms with van der Waals surface area (Å²) in [6.07, 6.45) is 74.8. The van der Waals surface area contributed by atoms with Crippen LogP contribution in [0.15, 0.2) is 12.2 Å². The molecule has 0 rings (SSSR count). The van der Waals surface area contributed by atoms with Gasteiger partial charge in [0.15, 0.2) is 6.10 Å². The van der Waals surface area contributed by atoms with Gasteiger partial charge in [0.2, 0.25) is 0 Å². The Morgan fingerprint density at radius 3 is 0.914 bits per heavy atom. The summed E-state index contributed by atoms with van der Waals surface area (Å²) in [6.45, 7) is 4.96. The predicted molar refractivity (Wildman–Crippen MR) is 346 cm³/mol. The van der Waals surface area contributed by atoms with E-state index in [1.807, 2.05) is 21.1 Å². The van der Waals surface area contributed by atoms with Gasteiger partial charge in [-0.3, -0.25) is 9.59 Å². The first-order valence-corrected chi connectivity index (χ1v) is 35.9. The molecule has 0 aliphatic heterocycles. The zero-order chi connectivity index (χ0) is 59.1. The highest BCUT2D eigenvalue weighted by Crippen LogP contribution is 2.19. The number of esters is 2. The van der Waals surface area contributed by atoms with Crippen molar-refractivity contribution in [2.24, 2.45) is 0 Å². The van der Waals surface area contributed by atoms with Crippen LogP contribution in [0, 0.1) is 0 Å². The van der Waals surface area contributed by atoms with E-state index in [4.69, 9.17) is 18.9 Å². The van der Waals surface area contributed by atoms with Gasteiger partial charge in [0.25, 0.3) is 6.29 Å². The van der Waals surface area contributed by atoms with Gasteiger partial charge in [0.05, 0.1) is 34.4 Å². The predicted octanol–water partition coefficient (Wildman–Crippen LogP) is 22.0. The molecule has 0 amide bonds. The maximum atomic E-state index is 12.9. The Morgan fingerprint density at radius 2 is 0.630 bits per heavy atom. The fourth-order valence-electron chi connectivity index (χ4n) is 11.0. The number of quaternary nitrogens is 1. The standard InChI is InChI=1S/C72H139NO8/c1-6-8-10-12-14-16-18-20-22-24-26-28-29-30-31-32-33-34-35-36-37-38-39-40-41-43-45-47-49-51-53-55-57-59-61-63-70(75)81-68(67-80-72(71(76)77)78-65-64-73(3,4)5)66-79-69(74)62-60-58-56-54-52-50-48-46-44-42-27-25-23-21-19-17-15-13-11-9-7-2/h24,26,68,72H,6-23,25,27-67H2,1-5H3/p+1/b26-24-. The van der Waals surface area contributed by atoms with Crippen molar-refractivity contribution in [3.05, 3.63) is 12.2 Å². The summed E-state index contributed by atoms with van der Waals surface area (Å²) >= 11 is 0. The van der Waals surface area contributed by atoms with Crippen molar-refractivity contribution in [3.63, 3.8) is 0 Å². The summed E-state index contributed by atoms with van der Waals surface area (Å²) in [7, 11) is 5.99. The molecule has 0 saturated heterocycles. The molecule has 1 N–H and O–H groups in total. The lowest BCUT2D eigenvalue weighted by Gasteiger charge is -2.25. The van der Waals surface area contributed by atoms with Crippen LogP contribution in [0.2, 0.25) is 0 Å². The molecule has 9 heteroatoms. The third kappa shape index (κ3) is 65.4. The maximum absolute atomic E-state index is 12.9. The number of likely N-dealkylation sites (N-methyl/N-ethyl adjacent to an activating group) is 1. The van der Waals surface area contributed by atoms with E-state index in [9.17, 15) is 19.5 Å². The van der Waals surface area contributed by atoms with Gasteiger partial charge >= 0.3 is 17.9 Å². The van der Waals surface area contributed by atoms with Crippen LogP contribution in [0.4, 0.5) is 0 Å². The van der Waals surface area contributed by atoms with Crippen molar-refractivity contribution in [2.75, 3.05) is 47.5 Å². The van der Waals surface area contributed by atoms with Crippen molar-refractivity contribution in [3.8, 4) is 0 Å². The lowest BCUT2D eigenvalue weighted by molar-refractivity contribution is -0.870. The van der Waals surface area contributed by atoms with Gasteiger partial charge in [0, 0.05) is 12.8 Å². The van der Waals surface area contributed by atoms with Crippen LogP contribution in [0.3, 0.4) is 0 Å². The van der Waals surface area contributed by atoms with Crippen LogP contribution in [0.5, 0.6) is 0 Å². The first-order chi connectivity index (χ1) is 39.6. The van der Waals surface area contributed by atoms with Gasteiger partial charge in [-0.2, -0.15) is 0 Å². The number of allylic oxidation sites excluding steroid dienone is 2. The third-order valence-electron chi connectivity index (χ3n) is 16.5. The Balaban J connectivity index is 3.99. The summed E-state index contributed by atoms with van der Waals surface area (Å²) < 4.78 is 23.0. The highest BCUT2D eigenvalue weighted by atomic mass is 16.7. The zero-order valence-corrected chi connectivity index (χ0v) is 55.0. The van der Waals surface area contributed by atoms with Crippen LogP contribution >= 0.6 is 0 Å². The summed E-state index contributed by atoms with van der Waals surface area (Å²) in [5.41, 5.74) is 0. The quantitative estimate of drug-likeness (QED) is 0.0211. The Hall–Kier alpha value is -1.97. The molecule has 81 heavy (non-hydrogen) atoms. The minimum atomic E-state index is -1.51. The van der Waals surface area contributed by atoms with Gasteiger partial charge in [0.1, 0.15) is 13.2 Å². The number of carboxylic acids is 1. The average Bonchev–Trinajstić information content (AvgIpc) is 3.44. The SMILES string of the molecule is CCCCCCCCCC/C=C\CCCCCCCCCCCCCCCCCCCCCCCCCC(=O)OC(COC(=O)CCCCCCCCCCCCCCCCCCCCCCC)COC(OCC[N+](C)(C)C)C(=O)O. The Kier molecular flexibility index (Phi) is 62.5.